The fourth-order valence-corrected chi connectivity index (χ4v) is 3.16. The van der Waals surface area contributed by atoms with Gasteiger partial charge in [0.2, 0.25) is 5.91 Å². The van der Waals surface area contributed by atoms with Gasteiger partial charge in [-0.2, -0.15) is 0 Å². The van der Waals surface area contributed by atoms with Gasteiger partial charge in [0.1, 0.15) is 0 Å². The van der Waals surface area contributed by atoms with E-state index in [1.165, 1.54) is 0 Å². The number of rotatable bonds is 6. The molecule has 3 unspecified atom stereocenters. The lowest BCUT2D eigenvalue weighted by molar-refractivity contribution is -0.134. The molecule has 0 bridgehead atoms. The first-order valence-electron chi connectivity index (χ1n) is 8.30. The fourth-order valence-electron chi connectivity index (χ4n) is 3.16. The second-order valence-corrected chi connectivity index (χ2v) is 6.52. The number of amides is 1. The van der Waals surface area contributed by atoms with Gasteiger partial charge in [0.15, 0.2) is 0 Å². The first-order valence-corrected chi connectivity index (χ1v) is 8.30. The maximum absolute atomic E-state index is 12.7. The van der Waals surface area contributed by atoms with E-state index in [2.05, 4.69) is 18.9 Å². The van der Waals surface area contributed by atoms with E-state index in [0.29, 0.717) is 5.92 Å². The van der Waals surface area contributed by atoms with Crippen LogP contribution in [-0.2, 0) is 4.79 Å². The van der Waals surface area contributed by atoms with Crippen molar-refractivity contribution in [3.8, 4) is 0 Å². The molecule has 3 atom stereocenters. The Kier molecular flexibility index (Phi) is 10.6. The minimum Gasteiger partial charge on any atom is -0.342 e. The van der Waals surface area contributed by atoms with E-state index in [1.54, 1.807) is 0 Å². The van der Waals surface area contributed by atoms with Crippen LogP contribution in [0.2, 0.25) is 0 Å². The lowest BCUT2D eigenvalue weighted by Gasteiger charge is -2.26. The van der Waals surface area contributed by atoms with Gasteiger partial charge < -0.3 is 15.5 Å². The third-order valence-corrected chi connectivity index (χ3v) is 4.82. The fraction of sp³-hybridized carbons (Fsp3) is 0.611. The second kappa shape index (κ2) is 10.9. The zero-order valence-electron chi connectivity index (χ0n) is 14.9. The van der Waals surface area contributed by atoms with Crippen LogP contribution in [0.3, 0.4) is 0 Å². The average molecular weight is 376 g/mol. The molecule has 138 valence electrons. The zero-order valence-corrected chi connectivity index (χ0v) is 16.5. The van der Waals surface area contributed by atoms with Crippen molar-refractivity contribution < 1.29 is 4.79 Å². The SMILES string of the molecule is CCN(C)CC1CCN(C(=O)C(C)C(N)c2ccccc2)C1.Cl.Cl. The van der Waals surface area contributed by atoms with Crippen molar-refractivity contribution in [2.24, 2.45) is 17.6 Å². The quantitative estimate of drug-likeness (QED) is 0.831. The van der Waals surface area contributed by atoms with Crippen molar-refractivity contribution in [2.45, 2.75) is 26.3 Å². The zero-order chi connectivity index (χ0) is 16.1. The monoisotopic (exact) mass is 375 g/mol. The van der Waals surface area contributed by atoms with Crippen LogP contribution in [0.1, 0.15) is 31.9 Å². The van der Waals surface area contributed by atoms with Gasteiger partial charge in [-0.25, -0.2) is 0 Å². The van der Waals surface area contributed by atoms with Crippen molar-refractivity contribution in [1.29, 1.82) is 0 Å². The van der Waals surface area contributed by atoms with Crippen LogP contribution in [0.25, 0.3) is 0 Å². The lowest BCUT2D eigenvalue weighted by Crippen LogP contribution is -2.38. The molecule has 0 spiro atoms. The summed E-state index contributed by atoms with van der Waals surface area (Å²) in [6, 6.07) is 9.68. The molecule has 2 rings (SSSR count). The summed E-state index contributed by atoms with van der Waals surface area (Å²) >= 11 is 0. The van der Waals surface area contributed by atoms with Gasteiger partial charge in [-0.3, -0.25) is 4.79 Å². The molecule has 4 nitrogen and oxygen atoms in total. The molecule has 0 aromatic heterocycles. The van der Waals surface area contributed by atoms with Crippen LogP contribution in [0, 0.1) is 11.8 Å². The largest absolute Gasteiger partial charge is 0.342 e. The third-order valence-electron chi connectivity index (χ3n) is 4.82. The summed E-state index contributed by atoms with van der Waals surface area (Å²) in [7, 11) is 2.14. The summed E-state index contributed by atoms with van der Waals surface area (Å²) < 4.78 is 0. The van der Waals surface area contributed by atoms with Crippen molar-refractivity contribution in [3.63, 3.8) is 0 Å². The maximum Gasteiger partial charge on any atom is 0.227 e. The first-order chi connectivity index (χ1) is 10.5. The Morgan fingerprint density at radius 3 is 2.54 bits per heavy atom. The highest BCUT2D eigenvalue weighted by atomic mass is 35.5. The summed E-state index contributed by atoms with van der Waals surface area (Å²) in [6.07, 6.45) is 1.10. The number of carbonyl (C=O) groups excluding carboxylic acids is 1. The Morgan fingerprint density at radius 1 is 1.33 bits per heavy atom. The molecular formula is C18H31Cl2N3O. The van der Waals surface area contributed by atoms with Crippen molar-refractivity contribution in [1.82, 2.24) is 9.80 Å². The molecule has 0 aliphatic carbocycles. The summed E-state index contributed by atoms with van der Waals surface area (Å²) in [5.74, 6) is 0.608. The second-order valence-electron chi connectivity index (χ2n) is 6.52. The van der Waals surface area contributed by atoms with Crippen LogP contribution in [-0.4, -0.2) is 48.9 Å². The van der Waals surface area contributed by atoms with E-state index in [9.17, 15) is 4.79 Å². The average Bonchev–Trinajstić information content (AvgIpc) is 3.01. The van der Waals surface area contributed by atoms with Crippen molar-refractivity contribution in [3.05, 3.63) is 35.9 Å². The lowest BCUT2D eigenvalue weighted by atomic mass is 9.94. The normalized spacial score (nSPS) is 19.4. The smallest absolute Gasteiger partial charge is 0.227 e. The van der Waals surface area contributed by atoms with Crippen LogP contribution in [0.15, 0.2) is 30.3 Å². The number of hydrogen-bond donors (Lipinski definition) is 1. The number of hydrogen-bond acceptors (Lipinski definition) is 3. The number of halogens is 2. The van der Waals surface area contributed by atoms with Crippen LogP contribution >= 0.6 is 24.8 Å². The summed E-state index contributed by atoms with van der Waals surface area (Å²) in [5, 5.41) is 0. The van der Waals surface area contributed by atoms with E-state index >= 15 is 0 Å². The molecule has 1 fully saturated rings. The molecule has 1 aliphatic heterocycles. The summed E-state index contributed by atoms with van der Waals surface area (Å²) in [5.41, 5.74) is 7.32. The van der Waals surface area contributed by atoms with Gasteiger partial charge in [-0.1, -0.05) is 44.2 Å². The molecular weight excluding hydrogens is 345 g/mol. The predicted molar refractivity (Wildman–Crippen MR) is 105 cm³/mol. The Bertz CT molecular complexity index is 486. The van der Waals surface area contributed by atoms with Gasteiger partial charge in [-0.15, -0.1) is 24.8 Å². The highest BCUT2D eigenvalue weighted by Gasteiger charge is 2.32. The topological polar surface area (TPSA) is 49.6 Å². The van der Waals surface area contributed by atoms with E-state index in [-0.39, 0.29) is 42.7 Å². The Balaban J connectivity index is 0.00000264. The molecule has 1 heterocycles. The summed E-state index contributed by atoms with van der Waals surface area (Å²) in [4.78, 5) is 17.0. The highest BCUT2D eigenvalue weighted by molar-refractivity contribution is 5.85. The molecule has 2 N–H and O–H groups in total. The van der Waals surface area contributed by atoms with Crippen LogP contribution < -0.4 is 5.73 Å². The van der Waals surface area contributed by atoms with Gasteiger partial charge >= 0.3 is 0 Å². The van der Waals surface area contributed by atoms with E-state index in [1.807, 2.05) is 42.2 Å². The molecule has 24 heavy (non-hydrogen) atoms. The molecule has 1 aromatic carbocycles. The number of benzene rings is 1. The number of likely N-dealkylation sites (tertiary alicyclic amines) is 1. The molecule has 1 amide bonds. The van der Waals surface area contributed by atoms with Crippen LogP contribution in [0.4, 0.5) is 0 Å². The molecule has 1 saturated heterocycles. The number of nitrogens with zero attached hydrogens (tertiary/aromatic N) is 2. The van der Waals surface area contributed by atoms with Gasteiger partial charge in [0.25, 0.3) is 0 Å². The molecule has 1 aliphatic rings. The minimum atomic E-state index is -0.230. The van der Waals surface area contributed by atoms with E-state index in [4.69, 9.17) is 5.73 Å². The maximum atomic E-state index is 12.7. The van der Waals surface area contributed by atoms with Crippen molar-refractivity contribution in [2.75, 3.05) is 33.2 Å². The van der Waals surface area contributed by atoms with E-state index in [0.717, 1.165) is 38.2 Å². The van der Waals surface area contributed by atoms with Crippen LogP contribution in [0.5, 0.6) is 0 Å². The highest BCUT2D eigenvalue weighted by Crippen LogP contribution is 2.25. The standard InChI is InChI=1S/C18H29N3O.2ClH/c1-4-20(3)12-15-10-11-21(13-15)18(22)14(2)17(19)16-8-6-5-7-9-16;;/h5-9,14-15,17H,4,10-13,19H2,1-3H3;2*1H. The molecule has 0 radical (unpaired) electrons. The third kappa shape index (κ3) is 5.92. The predicted octanol–water partition coefficient (Wildman–Crippen LogP) is 2.97. The molecule has 6 heteroatoms. The summed E-state index contributed by atoms with van der Waals surface area (Å²) in [6.45, 7) is 7.98. The minimum absolute atomic E-state index is 0. The number of nitrogens with two attached hydrogens (primary N) is 1. The van der Waals surface area contributed by atoms with Gasteiger partial charge in [-0.05, 0) is 31.5 Å². The Morgan fingerprint density at radius 2 is 1.96 bits per heavy atom. The first kappa shape index (κ1) is 23.2. The molecule has 1 aromatic rings. The van der Waals surface area contributed by atoms with Crippen molar-refractivity contribution >= 4 is 30.7 Å². The Hall–Kier alpha value is -0.810. The number of carbonyl (C=O) groups is 1. The van der Waals surface area contributed by atoms with E-state index < -0.39 is 0 Å². The Labute approximate surface area is 158 Å². The van der Waals surface area contributed by atoms with Gasteiger partial charge in [0.05, 0.1) is 5.92 Å². The van der Waals surface area contributed by atoms with Gasteiger partial charge in [0, 0.05) is 25.7 Å². The molecule has 0 saturated carbocycles.